The molecule has 1 aromatic rings. The Balaban J connectivity index is 0.00000280. The molecule has 2 aliphatic heterocycles. The highest BCUT2D eigenvalue weighted by Crippen LogP contribution is 2.29. The van der Waals surface area contributed by atoms with Crippen LogP contribution >= 0.6 is 24.0 Å². The monoisotopic (exact) mass is 500 g/mol. The van der Waals surface area contributed by atoms with Gasteiger partial charge in [-0.1, -0.05) is 18.2 Å². The molecule has 7 heteroatoms. The molecule has 1 unspecified atom stereocenters. The minimum atomic E-state index is -0.0542. The van der Waals surface area contributed by atoms with Crippen molar-refractivity contribution < 1.29 is 9.53 Å². The molecule has 0 amide bonds. The normalized spacial score (nSPS) is 18.3. The van der Waals surface area contributed by atoms with E-state index < -0.39 is 0 Å². The van der Waals surface area contributed by atoms with Crippen molar-refractivity contribution in [2.45, 2.75) is 39.2 Å². The number of carbonyl (C=O) groups excluding carboxylic acids is 1. The number of nitrogens with zero attached hydrogens (tertiary/aromatic N) is 3. The van der Waals surface area contributed by atoms with Gasteiger partial charge in [0.2, 0.25) is 0 Å². The Bertz CT molecular complexity index is 674. The summed E-state index contributed by atoms with van der Waals surface area (Å²) in [5, 5.41) is 3.53. The summed E-state index contributed by atoms with van der Waals surface area (Å²) >= 11 is 0. The molecule has 28 heavy (non-hydrogen) atoms. The van der Waals surface area contributed by atoms with E-state index in [9.17, 15) is 4.79 Å². The topological polar surface area (TPSA) is 57.2 Å². The SMILES string of the molecule is CCOC(=O)C1CCN(C(=NC)NCC(C)N2CCc3ccccc32)CC1.I. The van der Waals surface area contributed by atoms with Crippen LogP contribution in [0, 0.1) is 5.92 Å². The molecule has 156 valence electrons. The lowest BCUT2D eigenvalue weighted by Gasteiger charge is -2.34. The molecule has 2 heterocycles. The minimum Gasteiger partial charge on any atom is -0.466 e. The molecule has 1 saturated heterocycles. The highest BCUT2D eigenvalue weighted by atomic mass is 127. The van der Waals surface area contributed by atoms with E-state index in [0.29, 0.717) is 12.6 Å². The number of guanidine groups is 1. The minimum absolute atomic E-state index is 0. The van der Waals surface area contributed by atoms with E-state index in [2.05, 4.69) is 51.3 Å². The van der Waals surface area contributed by atoms with Gasteiger partial charge in [0.15, 0.2) is 5.96 Å². The fourth-order valence-electron chi connectivity index (χ4n) is 4.09. The Kier molecular flexibility index (Phi) is 8.85. The van der Waals surface area contributed by atoms with Crippen LogP contribution in [-0.2, 0) is 16.0 Å². The summed E-state index contributed by atoms with van der Waals surface area (Å²) in [6.45, 7) is 8.17. The molecule has 1 N–H and O–H groups in total. The van der Waals surface area contributed by atoms with Crippen molar-refractivity contribution in [3.8, 4) is 0 Å². The molecule has 6 nitrogen and oxygen atoms in total. The molecule has 1 aromatic carbocycles. The summed E-state index contributed by atoms with van der Waals surface area (Å²) in [5.41, 5.74) is 2.80. The number of benzene rings is 1. The van der Waals surface area contributed by atoms with Gasteiger partial charge in [0.1, 0.15) is 0 Å². The van der Waals surface area contributed by atoms with Gasteiger partial charge in [-0.3, -0.25) is 9.79 Å². The van der Waals surface area contributed by atoms with Gasteiger partial charge in [0, 0.05) is 45.0 Å². The number of halogens is 1. The molecular formula is C21H33IN4O2. The first-order valence-electron chi connectivity index (χ1n) is 10.1. The van der Waals surface area contributed by atoms with Gasteiger partial charge < -0.3 is 19.9 Å². The zero-order valence-electron chi connectivity index (χ0n) is 17.2. The highest BCUT2D eigenvalue weighted by molar-refractivity contribution is 14.0. The van der Waals surface area contributed by atoms with Crippen LogP contribution in [0.1, 0.15) is 32.3 Å². The van der Waals surface area contributed by atoms with E-state index in [0.717, 1.165) is 51.4 Å². The van der Waals surface area contributed by atoms with E-state index in [1.165, 1.54) is 11.3 Å². The van der Waals surface area contributed by atoms with Crippen LogP contribution in [0.15, 0.2) is 29.3 Å². The molecule has 0 saturated carbocycles. The summed E-state index contributed by atoms with van der Waals surface area (Å²) in [7, 11) is 1.83. The number of aliphatic imine (C=N–C) groups is 1. The first-order valence-corrected chi connectivity index (χ1v) is 10.1. The van der Waals surface area contributed by atoms with E-state index in [1.54, 1.807) is 0 Å². The van der Waals surface area contributed by atoms with Crippen molar-refractivity contribution in [1.29, 1.82) is 0 Å². The summed E-state index contributed by atoms with van der Waals surface area (Å²) < 4.78 is 5.16. The zero-order chi connectivity index (χ0) is 19.2. The quantitative estimate of drug-likeness (QED) is 0.292. The molecule has 0 radical (unpaired) electrons. The summed E-state index contributed by atoms with van der Waals surface area (Å²) in [5.74, 6) is 0.900. The van der Waals surface area contributed by atoms with Crippen LogP contribution < -0.4 is 10.2 Å². The average molecular weight is 500 g/mol. The number of piperidine rings is 1. The second-order valence-corrected chi connectivity index (χ2v) is 7.36. The summed E-state index contributed by atoms with van der Waals surface area (Å²) in [6.07, 6.45) is 2.78. The maximum absolute atomic E-state index is 11.9. The number of ether oxygens (including phenoxy) is 1. The van der Waals surface area contributed by atoms with Gasteiger partial charge in [-0.15, -0.1) is 24.0 Å². The standard InChI is InChI=1S/C21H32N4O2.HI/c1-4-27-20(26)18-9-12-24(13-10-18)21(22-3)23-15-16(2)25-14-11-17-7-5-6-8-19(17)25;/h5-8,16,18H,4,9-15H2,1-3H3,(H,22,23);1H. The van der Waals surface area contributed by atoms with Crippen LogP contribution in [0.5, 0.6) is 0 Å². The third kappa shape index (κ3) is 5.30. The Labute approximate surface area is 185 Å². The fourth-order valence-corrected chi connectivity index (χ4v) is 4.09. The van der Waals surface area contributed by atoms with E-state index in [4.69, 9.17) is 4.74 Å². The number of nitrogens with one attached hydrogen (secondary N) is 1. The summed E-state index contributed by atoms with van der Waals surface area (Å²) in [6, 6.07) is 9.06. The Morgan fingerprint density at radius 2 is 2.00 bits per heavy atom. The van der Waals surface area contributed by atoms with Crippen molar-refractivity contribution >= 4 is 41.6 Å². The van der Waals surface area contributed by atoms with Gasteiger partial charge in [0.05, 0.1) is 12.5 Å². The van der Waals surface area contributed by atoms with Gasteiger partial charge in [-0.05, 0) is 44.7 Å². The Morgan fingerprint density at radius 3 is 2.68 bits per heavy atom. The lowest BCUT2D eigenvalue weighted by atomic mass is 9.97. The number of para-hydroxylation sites is 1. The summed E-state index contributed by atoms with van der Waals surface area (Å²) in [4.78, 5) is 21.1. The van der Waals surface area contributed by atoms with Crippen molar-refractivity contribution in [3.05, 3.63) is 29.8 Å². The third-order valence-electron chi connectivity index (χ3n) is 5.64. The molecule has 0 aromatic heterocycles. The lowest BCUT2D eigenvalue weighted by molar-refractivity contribution is -0.149. The molecule has 0 aliphatic carbocycles. The highest BCUT2D eigenvalue weighted by Gasteiger charge is 2.28. The van der Waals surface area contributed by atoms with Crippen molar-refractivity contribution in [2.75, 3.05) is 44.7 Å². The van der Waals surface area contributed by atoms with E-state index in [-0.39, 0.29) is 35.9 Å². The lowest BCUT2D eigenvalue weighted by Crippen LogP contribution is -2.50. The van der Waals surface area contributed by atoms with Gasteiger partial charge in [-0.2, -0.15) is 0 Å². The molecule has 3 rings (SSSR count). The Hall–Kier alpha value is -1.51. The number of rotatable bonds is 5. The number of likely N-dealkylation sites (tertiary alicyclic amines) is 1. The number of fused-ring (bicyclic) bond motifs is 1. The zero-order valence-corrected chi connectivity index (χ0v) is 19.5. The van der Waals surface area contributed by atoms with Crippen LogP contribution in [0.3, 0.4) is 0 Å². The molecule has 0 bridgehead atoms. The number of anilines is 1. The van der Waals surface area contributed by atoms with E-state index >= 15 is 0 Å². The number of hydrogen-bond donors (Lipinski definition) is 1. The smallest absolute Gasteiger partial charge is 0.309 e. The van der Waals surface area contributed by atoms with Crippen LogP contribution in [0.4, 0.5) is 5.69 Å². The first kappa shape index (κ1) is 22.8. The first-order chi connectivity index (χ1) is 13.1. The molecular weight excluding hydrogens is 467 g/mol. The van der Waals surface area contributed by atoms with Gasteiger partial charge in [0.25, 0.3) is 0 Å². The van der Waals surface area contributed by atoms with Crippen LogP contribution in [0.2, 0.25) is 0 Å². The van der Waals surface area contributed by atoms with Crippen molar-refractivity contribution in [2.24, 2.45) is 10.9 Å². The maximum atomic E-state index is 11.9. The van der Waals surface area contributed by atoms with Gasteiger partial charge >= 0.3 is 5.97 Å². The second kappa shape index (κ2) is 10.9. The number of hydrogen-bond acceptors (Lipinski definition) is 4. The Morgan fingerprint density at radius 1 is 1.29 bits per heavy atom. The van der Waals surface area contributed by atoms with Crippen LogP contribution in [0.25, 0.3) is 0 Å². The number of carbonyl (C=O) groups is 1. The largest absolute Gasteiger partial charge is 0.466 e. The second-order valence-electron chi connectivity index (χ2n) is 7.36. The molecule has 2 aliphatic rings. The fraction of sp³-hybridized carbons (Fsp3) is 0.619. The van der Waals surface area contributed by atoms with Gasteiger partial charge in [-0.25, -0.2) is 0 Å². The molecule has 1 fully saturated rings. The van der Waals surface area contributed by atoms with Crippen molar-refractivity contribution in [1.82, 2.24) is 10.2 Å². The van der Waals surface area contributed by atoms with E-state index in [1.807, 2.05) is 14.0 Å². The molecule has 1 atom stereocenters. The predicted molar refractivity (Wildman–Crippen MR) is 125 cm³/mol. The number of esters is 1. The average Bonchev–Trinajstić information content (AvgIpc) is 3.13. The molecule has 0 spiro atoms. The van der Waals surface area contributed by atoms with Crippen molar-refractivity contribution in [3.63, 3.8) is 0 Å². The van der Waals surface area contributed by atoms with Crippen LogP contribution in [-0.4, -0.2) is 62.7 Å². The predicted octanol–water partition coefficient (Wildman–Crippen LogP) is 2.91. The third-order valence-corrected chi connectivity index (χ3v) is 5.64. The maximum Gasteiger partial charge on any atom is 0.309 e.